The van der Waals surface area contributed by atoms with E-state index in [4.69, 9.17) is 13.3 Å². The highest BCUT2D eigenvalue weighted by Gasteiger charge is 2.39. The van der Waals surface area contributed by atoms with Gasteiger partial charge in [0, 0.05) is 51.9 Å². The minimum absolute atomic E-state index is 0.0836. The molecule has 10 nitrogen and oxygen atoms in total. The third kappa shape index (κ3) is 28.9. The molecular weight excluding hydrogens is 649 g/mol. The Labute approximate surface area is 308 Å². The van der Waals surface area contributed by atoms with E-state index in [9.17, 15) is 14.4 Å². The molecule has 0 bridgehead atoms. The van der Waals surface area contributed by atoms with Gasteiger partial charge in [-0.1, -0.05) is 129 Å². The van der Waals surface area contributed by atoms with E-state index in [1.165, 1.54) is 103 Å². The SMILES string of the molecule is CCCCCCCCCCCCNC(=O)CCC(NC(=O)NCCC[Si](OCC)(OCC)OCC)C(=O)NCCCCCCCCCCCC. The number of urea groups is 1. The van der Waals surface area contributed by atoms with Crippen molar-refractivity contribution >= 4 is 26.6 Å². The van der Waals surface area contributed by atoms with Crippen LogP contribution in [0.3, 0.4) is 0 Å². The maximum absolute atomic E-state index is 13.2. The van der Waals surface area contributed by atoms with Crippen LogP contribution in [-0.2, 0) is 22.9 Å². The van der Waals surface area contributed by atoms with Crippen LogP contribution in [0.2, 0.25) is 6.04 Å². The van der Waals surface area contributed by atoms with Crippen molar-refractivity contribution in [2.75, 3.05) is 39.5 Å². The molecule has 0 radical (unpaired) electrons. The van der Waals surface area contributed by atoms with Crippen LogP contribution in [0.5, 0.6) is 0 Å². The summed E-state index contributed by atoms with van der Waals surface area (Å²) in [5.41, 5.74) is 0. The van der Waals surface area contributed by atoms with Gasteiger partial charge in [0.15, 0.2) is 0 Å². The summed E-state index contributed by atoms with van der Waals surface area (Å²) in [7, 11) is -2.79. The number of nitrogens with one attached hydrogen (secondary N) is 4. The largest absolute Gasteiger partial charge is 0.500 e. The number of carbonyl (C=O) groups excluding carboxylic acids is 3. The number of amides is 4. The fourth-order valence-corrected chi connectivity index (χ4v) is 8.75. The molecule has 0 saturated carbocycles. The van der Waals surface area contributed by atoms with Crippen molar-refractivity contribution < 1.29 is 27.7 Å². The number of unbranched alkanes of at least 4 members (excludes halogenated alkanes) is 18. The lowest BCUT2D eigenvalue weighted by molar-refractivity contribution is -0.124. The second-order valence-corrected chi connectivity index (χ2v) is 16.3. The first-order valence-electron chi connectivity index (χ1n) is 20.9. The number of hydrogen-bond donors (Lipinski definition) is 4. The summed E-state index contributed by atoms with van der Waals surface area (Å²) >= 11 is 0. The van der Waals surface area contributed by atoms with Crippen LogP contribution in [0, 0.1) is 0 Å². The van der Waals surface area contributed by atoms with E-state index >= 15 is 0 Å². The van der Waals surface area contributed by atoms with Gasteiger partial charge in [-0.05, 0) is 46.5 Å². The second kappa shape index (κ2) is 35.7. The highest BCUT2D eigenvalue weighted by molar-refractivity contribution is 6.60. The average Bonchev–Trinajstić information content (AvgIpc) is 3.10. The Morgan fingerprint density at radius 1 is 0.500 bits per heavy atom. The summed E-state index contributed by atoms with van der Waals surface area (Å²) in [6.07, 6.45) is 25.8. The second-order valence-electron chi connectivity index (χ2n) is 13.6. The van der Waals surface area contributed by atoms with Gasteiger partial charge in [-0.25, -0.2) is 4.79 Å². The van der Waals surface area contributed by atoms with E-state index in [0.29, 0.717) is 51.9 Å². The summed E-state index contributed by atoms with van der Waals surface area (Å²) in [5.74, 6) is -0.325. The summed E-state index contributed by atoms with van der Waals surface area (Å²) in [5, 5.41) is 11.7. The molecule has 1 atom stereocenters. The fraction of sp³-hybridized carbons (Fsp3) is 0.923. The van der Waals surface area contributed by atoms with Crippen molar-refractivity contribution in [2.24, 2.45) is 0 Å². The first-order chi connectivity index (χ1) is 24.4. The molecule has 0 aromatic rings. The zero-order valence-corrected chi connectivity index (χ0v) is 34.2. The van der Waals surface area contributed by atoms with Crippen LogP contribution in [0.4, 0.5) is 4.79 Å². The Bertz CT molecular complexity index is 790. The molecular formula is C39H80N4O6Si. The van der Waals surface area contributed by atoms with Crippen molar-refractivity contribution in [2.45, 2.75) is 194 Å². The van der Waals surface area contributed by atoms with Gasteiger partial charge in [0.1, 0.15) is 6.04 Å². The van der Waals surface area contributed by atoms with Gasteiger partial charge in [0.25, 0.3) is 0 Å². The zero-order chi connectivity index (χ0) is 37.0. The van der Waals surface area contributed by atoms with Crippen LogP contribution in [0.1, 0.15) is 182 Å². The first-order valence-corrected chi connectivity index (χ1v) is 22.8. The molecule has 1 unspecified atom stereocenters. The standard InChI is InChI=1S/C39H80N4O6Si/c1-6-11-13-15-17-19-21-23-25-27-32-40-37(44)31-30-36(38(45)41-33-28-26-24-22-20-18-16-14-12-7-2)43-39(46)42-34-29-35-50(47-8-3,48-9-4)49-10-5/h36H,6-35H2,1-5H3,(H,40,44)(H,41,45)(H2,42,43,46). The van der Waals surface area contributed by atoms with Crippen molar-refractivity contribution in [1.29, 1.82) is 0 Å². The molecule has 0 aliphatic heterocycles. The summed E-state index contributed by atoms with van der Waals surface area (Å²) in [6.45, 7) is 13.4. The minimum atomic E-state index is -2.79. The lowest BCUT2D eigenvalue weighted by atomic mass is 10.1. The van der Waals surface area contributed by atoms with E-state index < -0.39 is 20.9 Å². The fourth-order valence-electron chi connectivity index (χ4n) is 6.14. The van der Waals surface area contributed by atoms with Gasteiger partial charge in [0.2, 0.25) is 11.8 Å². The molecule has 50 heavy (non-hydrogen) atoms. The maximum atomic E-state index is 13.2. The Balaban J connectivity index is 4.68. The Kier molecular flexibility index (Phi) is 34.5. The third-order valence-corrected chi connectivity index (χ3v) is 12.2. The van der Waals surface area contributed by atoms with Gasteiger partial charge in [-0.2, -0.15) is 0 Å². The van der Waals surface area contributed by atoms with Crippen molar-refractivity contribution in [3.63, 3.8) is 0 Å². The molecule has 296 valence electrons. The Morgan fingerprint density at radius 3 is 1.34 bits per heavy atom. The van der Waals surface area contributed by atoms with Crippen molar-refractivity contribution in [3.8, 4) is 0 Å². The highest BCUT2D eigenvalue weighted by Crippen LogP contribution is 2.18. The van der Waals surface area contributed by atoms with E-state index in [2.05, 4.69) is 35.1 Å². The average molecular weight is 729 g/mol. The Hall–Kier alpha value is -1.69. The molecule has 4 amide bonds. The molecule has 0 rings (SSSR count). The van der Waals surface area contributed by atoms with Gasteiger partial charge < -0.3 is 34.5 Å². The van der Waals surface area contributed by atoms with Crippen LogP contribution in [0.25, 0.3) is 0 Å². The third-order valence-electron chi connectivity index (χ3n) is 9.00. The van der Waals surface area contributed by atoms with Crippen molar-refractivity contribution in [3.05, 3.63) is 0 Å². The molecule has 0 aliphatic rings. The van der Waals surface area contributed by atoms with Gasteiger partial charge in [-0.15, -0.1) is 0 Å². The lowest BCUT2D eigenvalue weighted by Crippen LogP contribution is -2.51. The summed E-state index contributed by atoms with van der Waals surface area (Å²) in [6, 6.07) is -0.624. The van der Waals surface area contributed by atoms with E-state index in [0.717, 1.165) is 25.7 Å². The van der Waals surface area contributed by atoms with Crippen molar-refractivity contribution in [1.82, 2.24) is 21.3 Å². The Morgan fingerprint density at radius 2 is 0.900 bits per heavy atom. The maximum Gasteiger partial charge on any atom is 0.500 e. The van der Waals surface area contributed by atoms with Crippen LogP contribution in [-0.4, -0.2) is 72.1 Å². The molecule has 0 fully saturated rings. The molecule has 0 heterocycles. The summed E-state index contributed by atoms with van der Waals surface area (Å²) in [4.78, 5) is 38.7. The van der Waals surface area contributed by atoms with E-state index in [1.807, 2.05) is 20.8 Å². The van der Waals surface area contributed by atoms with Gasteiger partial charge >= 0.3 is 14.8 Å². The highest BCUT2D eigenvalue weighted by atomic mass is 28.4. The molecule has 0 saturated heterocycles. The lowest BCUT2D eigenvalue weighted by Gasteiger charge is -2.28. The molecule has 4 N–H and O–H groups in total. The molecule has 0 aromatic carbocycles. The number of carbonyl (C=O) groups is 3. The molecule has 0 spiro atoms. The van der Waals surface area contributed by atoms with Crippen LogP contribution in [0.15, 0.2) is 0 Å². The van der Waals surface area contributed by atoms with Crippen LogP contribution < -0.4 is 21.3 Å². The monoisotopic (exact) mass is 729 g/mol. The quantitative estimate of drug-likeness (QED) is 0.0374. The first kappa shape index (κ1) is 48.3. The molecule has 11 heteroatoms. The van der Waals surface area contributed by atoms with Crippen LogP contribution >= 0.6 is 0 Å². The zero-order valence-electron chi connectivity index (χ0n) is 33.2. The van der Waals surface area contributed by atoms with Gasteiger partial charge in [-0.3, -0.25) is 9.59 Å². The number of hydrogen-bond acceptors (Lipinski definition) is 6. The topological polar surface area (TPSA) is 127 Å². The molecule has 0 aliphatic carbocycles. The predicted molar refractivity (Wildman–Crippen MR) is 209 cm³/mol. The summed E-state index contributed by atoms with van der Waals surface area (Å²) < 4.78 is 17.7. The van der Waals surface area contributed by atoms with Gasteiger partial charge in [0.05, 0.1) is 0 Å². The normalized spacial score (nSPS) is 12.1. The number of rotatable bonds is 37. The molecule has 0 aromatic heterocycles. The predicted octanol–water partition coefficient (Wildman–Crippen LogP) is 8.95. The minimum Gasteiger partial charge on any atom is -0.374 e. The smallest absolute Gasteiger partial charge is 0.374 e. The van der Waals surface area contributed by atoms with E-state index in [-0.39, 0.29) is 24.7 Å². The van der Waals surface area contributed by atoms with E-state index in [1.54, 1.807) is 0 Å².